The molecule has 0 bridgehead atoms. The Morgan fingerprint density at radius 2 is 0.597 bits per heavy atom. The molecule has 0 fully saturated rings. The summed E-state index contributed by atoms with van der Waals surface area (Å²) in [5.74, 6) is 3.52. The molecule has 0 radical (unpaired) electrons. The van der Waals surface area contributed by atoms with Gasteiger partial charge in [0.25, 0.3) is 0 Å². The average Bonchev–Trinajstić information content (AvgIpc) is 4.07. The lowest BCUT2D eigenvalue weighted by Crippen LogP contribution is -2.32. The van der Waals surface area contributed by atoms with Gasteiger partial charge in [0, 0.05) is 39.2 Å². The first-order chi connectivity index (χ1) is 38.2. The summed E-state index contributed by atoms with van der Waals surface area (Å²) in [6, 6.07) is 104. The van der Waals surface area contributed by atoms with E-state index in [0.717, 1.165) is 84.6 Å². The van der Waals surface area contributed by atoms with Crippen LogP contribution in [0, 0.1) is 0 Å². The molecule has 77 heavy (non-hydrogen) atoms. The molecule has 12 aromatic rings. The molecule has 2 spiro atoms. The number of anilines is 3. The highest BCUT2D eigenvalue weighted by Gasteiger charge is 2.53. The molecule has 12 aromatic carbocycles. The molecule has 0 saturated carbocycles. The number of hydrogen-bond acceptors (Lipinski definition) is 3. The summed E-state index contributed by atoms with van der Waals surface area (Å²) in [5.41, 5.74) is 23.4. The van der Waals surface area contributed by atoms with E-state index >= 15 is 0 Å². The van der Waals surface area contributed by atoms with Gasteiger partial charge in [0.15, 0.2) is 0 Å². The Morgan fingerprint density at radius 3 is 1.17 bits per heavy atom. The zero-order valence-electron chi connectivity index (χ0n) is 41.9. The molecule has 0 saturated heterocycles. The lowest BCUT2D eigenvalue weighted by molar-refractivity contribution is 0.436. The molecule has 0 amide bonds. The molecule has 0 unspecified atom stereocenters. The van der Waals surface area contributed by atoms with Crippen LogP contribution in [0.25, 0.3) is 55.6 Å². The Labute approximate surface area is 448 Å². The lowest BCUT2D eigenvalue weighted by atomic mass is 9.66. The number of rotatable bonds is 6. The van der Waals surface area contributed by atoms with Crippen molar-refractivity contribution < 1.29 is 9.47 Å². The number of ether oxygens (including phenoxy) is 2. The van der Waals surface area contributed by atoms with E-state index in [1.807, 2.05) is 0 Å². The van der Waals surface area contributed by atoms with Crippen LogP contribution in [0.5, 0.6) is 23.0 Å². The smallest absolute Gasteiger partial charge is 0.132 e. The van der Waals surface area contributed by atoms with Crippen LogP contribution < -0.4 is 14.4 Å². The summed E-state index contributed by atoms with van der Waals surface area (Å²) < 4.78 is 13.5. The first kappa shape index (κ1) is 43.4. The van der Waals surface area contributed by atoms with Crippen molar-refractivity contribution in [1.82, 2.24) is 0 Å². The number of hydrogen-bond donors (Lipinski definition) is 0. The molecule has 2 heterocycles. The van der Waals surface area contributed by atoms with Crippen LogP contribution in [0.15, 0.2) is 285 Å². The van der Waals surface area contributed by atoms with Gasteiger partial charge in [0.05, 0.1) is 16.5 Å². The summed E-state index contributed by atoms with van der Waals surface area (Å²) in [6.45, 7) is 0. The molecular formula is C74H47NO2. The van der Waals surface area contributed by atoms with Crippen molar-refractivity contribution in [2.45, 2.75) is 10.8 Å². The Kier molecular flexibility index (Phi) is 9.47. The third kappa shape index (κ3) is 6.20. The summed E-state index contributed by atoms with van der Waals surface area (Å²) in [4.78, 5) is 2.48. The molecule has 0 N–H and O–H groups in total. The third-order valence-corrected chi connectivity index (χ3v) is 16.8. The fourth-order valence-corrected chi connectivity index (χ4v) is 13.7. The average molecular weight is 982 g/mol. The number of benzene rings is 12. The number of nitrogens with zero attached hydrogens (tertiary/aromatic N) is 1. The van der Waals surface area contributed by atoms with Crippen LogP contribution in [0.4, 0.5) is 17.1 Å². The Bertz CT molecular complexity index is 4270. The first-order valence-electron chi connectivity index (χ1n) is 26.6. The van der Waals surface area contributed by atoms with Gasteiger partial charge in [0.1, 0.15) is 23.0 Å². The van der Waals surface area contributed by atoms with Crippen molar-refractivity contribution in [1.29, 1.82) is 0 Å². The minimum absolute atomic E-state index is 0.578. The first-order valence-corrected chi connectivity index (χ1v) is 26.6. The van der Waals surface area contributed by atoms with E-state index in [1.54, 1.807) is 0 Å². The minimum Gasteiger partial charge on any atom is -0.457 e. The predicted octanol–water partition coefficient (Wildman–Crippen LogP) is 19.1. The van der Waals surface area contributed by atoms with Gasteiger partial charge in [-0.1, -0.05) is 224 Å². The maximum absolute atomic E-state index is 6.77. The molecule has 3 nitrogen and oxygen atoms in total. The van der Waals surface area contributed by atoms with Crippen molar-refractivity contribution in [3.05, 3.63) is 330 Å². The molecular weight excluding hydrogens is 935 g/mol. The Morgan fingerprint density at radius 1 is 0.221 bits per heavy atom. The van der Waals surface area contributed by atoms with Gasteiger partial charge in [-0.25, -0.2) is 0 Å². The predicted molar refractivity (Wildman–Crippen MR) is 312 cm³/mol. The summed E-state index contributed by atoms with van der Waals surface area (Å²) in [7, 11) is 0. The van der Waals surface area contributed by atoms with Gasteiger partial charge in [0.2, 0.25) is 0 Å². The third-order valence-electron chi connectivity index (χ3n) is 16.8. The van der Waals surface area contributed by atoms with Crippen LogP contribution in [-0.4, -0.2) is 0 Å². The Hall–Kier alpha value is -9.96. The highest BCUT2D eigenvalue weighted by molar-refractivity contribution is 5.95. The van der Waals surface area contributed by atoms with E-state index in [1.165, 1.54) is 55.6 Å². The monoisotopic (exact) mass is 981 g/mol. The second kappa shape index (κ2) is 16.8. The molecule has 3 heteroatoms. The van der Waals surface area contributed by atoms with Crippen molar-refractivity contribution >= 4 is 17.1 Å². The van der Waals surface area contributed by atoms with Crippen molar-refractivity contribution in [2.24, 2.45) is 0 Å². The van der Waals surface area contributed by atoms with E-state index in [9.17, 15) is 0 Å². The minimum atomic E-state index is -0.632. The van der Waals surface area contributed by atoms with Crippen LogP contribution >= 0.6 is 0 Å². The normalized spacial score (nSPS) is 13.9. The topological polar surface area (TPSA) is 21.7 Å². The maximum Gasteiger partial charge on any atom is 0.132 e. The van der Waals surface area contributed by atoms with Gasteiger partial charge in [-0.3, -0.25) is 0 Å². The van der Waals surface area contributed by atoms with E-state index in [0.29, 0.717) is 0 Å². The van der Waals surface area contributed by atoms with E-state index in [2.05, 4.69) is 290 Å². The molecule has 360 valence electrons. The molecule has 4 aliphatic rings. The summed E-state index contributed by atoms with van der Waals surface area (Å²) in [6.07, 6.45) is 0. The molecule has 2 aliphatic heterocycles. The van der Waals surface area contributed by atoms with Crippen molar-refractivity contribution in [3.8, 4) is 78.6 Å². The lowest BCUT2D eigenvalue weighted by Gasteiger charge is -2.39. The maximum atomic E-state index is 6.77. The van der Waals surface area contributed by atoms with Crippen LogP contribution in [0.3, 0.4) is 0 Å². The zero-order valence-corrected chi connectivity index (χ0v) is 41.9. The summed E-state index contributed by atoms with van der Waals surface area (Å²) in [5, 5.41) is 0. The zero-order chi connectivity index (χ0) is 50.7. The highest BCUT2D eigenvalue weighted by atomic mass is 16.5. The molecule has 0 atom stereocenters. The summed E-state index contributed by atoms with van der Waals surface area (Å²) >= 11 is 0. The van der Waals surface area contributed by atoms with E-state index in [-0.39, 0.29) is 0 Å². The number of fused-ring (bicyclic) bond motifs is 18. The van der Waals surface area contributed by atoms with Gasteiger partial charge in [-0.2, -0.15) is 0 Å². The van der Waals surface area contributed by atoms with Crippen molar-refractivity contribution in [3.63, 3.8) is 0 Å². The molecule has 16 rings (SSSR count). The SMILES string of the molecule is c1ccc(-c2ccc(-c3ccccc3N(c3cccc(-c4ccc5c(c4)C4(c6ccccc6Oc6ccccc64)c4ccccc4-5)c3)c3ccc4c(c3)C3(c5ccccc5Oc5ccccc53)c3ccccc3-4)cc2)cc1. The van der Waals surface area contributed by atoms with Gasteiger partial charge < -0.3 is 14.4 Å². The van der Waals surface area contributed by atoms with Gasteiger partial charge in [-0.05, 0) is 133 Å². The molecule has 2 aliphatic carbocycles. The van der Waals surface area contributed by atoms with E-state index < -0.39 is 10.8 Å². The fraction of sp³-hybridized carbons (Fsp3) is 0.0270. The Balaban J connectivity index is 0.915. The number of para-hydroxylation sites is 5. The van der Waals surface area contributed by atoms with Crippen molar-refractivity contribution in [2.75, 3.05) is 4.90 Å². The highest BCUT2D eigenvalue weighted by Crippen LogP contribution is 2.64. The van der Waals surface area contributed by atoms with Crippen LogP contribution in [0.1, 0.15) is 44.5 Å². The second-order valence-electron chi connectivity index (χ2n) is 20.6. The quantitative estimate of drug-likeness (QED) is 0.166. The van der Waals surface area contributed by atoms with Gasteiger partial charge in [-0.15, -0.1) is 0 Å². The van der Waals surface area contributed by atoms with Crippen LogP contribution in [-0.2, 0) is 10.8 Å². The fourth-order valence-electron chi connectivity index (χ4n) is 13.7. The molecule has 0 aromatic heterocycles. The largest absolute Gasteiger partial charge is 0.457 e. The van der Waals surface area contributed by atoms with E-state index in [4.69, 9.17) is 9.47 Å². The van der Waals surface area contributed by atoms with Gasteiger partial charge >= 0.3 is 0 Å². The van der Waals surface area contributed by atoms with Crippen LogP contribution in [0.2, 0.25) is 0 Å². The standard InChI is InChI=1S/C74H47NO2/c1-2-19-48(20-3-1)49-37-39-50(40-38-49)55-23-6-13-32-68(55)75(54-42-44-59-57-25-5-8-27-61(57)74(67(59)47-54)64-30-11-16-35-71(64)77-72-36-17-12-31-65(72)74)53-22-18-21-51(45-53)52-41-43-58-56-24-4-7-26-60(56)73(66(58)46-52)62-28-9-14-33-69(62)76-70-34-15-10-29-63(70)73/h1-47H. The second-order valence-corrected chi connectivity index (χ2v) is 20.6.